The van der Waals surface area contributed by atoms with Crippen molar-refractivity contribution < 1.29 is 34.3 Å². The number of hydrogen-bond acceptors (Lipinski definition) is 14. The molecular formula is C92H205N7O7. The van der Waals surface area contributed by atoms with Crippen molar-refractivity contribution in [3.8, 4) is 0 Å². The molecule has 106 heavy (non-hydrogen) atoms. The molecule has 2 saturated carbocycles. The minimum atomic E-state index is -0.500. The summed E-state index contributed by atoms with van der Waals surface area (Å²) < 4.78 is 20.2. The lowest BCUT2D eigenvalue weighted by molar-refractivity contribution is -0.0534. The third-order valence-corrected chi connectivity index (χ3v) is 20.0. The monoisotopic (exact) mass is 1520 g/mol. The molecule has 0 bridgehead atoms. The van der Waals surface area contributed by atoms with Gasteiger partial charge in [0.15, 0.2) is 0 Å². The van der Waals surface area contributed by atoms with E-state index in [9.17, 15) is 0 Å². The maximum Gasteiger partial charge on any atom is 0.0614 e. The van der Waals surface area contributed by atoms with Crippen molar-refractivity contribution >= 4 is 0 Å². The Labute approximate surface area is 669 Å². The van der Waals surface area contributed by atoms with Crippen LogP contribution < -0.4 is 0 Å². The van der Waals surface area contributed by atoms with Crippen molar-refractivity contribution in [2.24, 2.45) is 101 Å². The van der Waals surface area contributed by atoms with E-state index < -0.39 is 5.60 Å². The van der Waals surface area contributed by atoms with Crippen LogP contribution in [-0.4, -0.2) is 261 Å². The Balaban J connectivity index is -0.000000200. The van der Waals surface area contributed by atoms with Crippen LogP contribution in [0, 0.1) is 101 Å². The second kappa shape index (κ2) is 77.0. The first kappa shape index (κ1) is 119. The minimum Gasteiger partial charge on any atom is -0.396 e. The fourth-order valence-electron chi connectivity index (χ4n) is 10.4. The van der Waals surface area contributed by atoms with Crippen LogP contribution >= 0.6 is 0 Å². The molecule has 0 aromatic carbocycles. The number of piperazine rings is 1. The van der Waals surface area contributed by atoms with Crippen molar-refractivity contribution in [3.05, 3.63) is 0 Å². The van der Waals surface area contributed by atoms with E-state index in [1.54, 1.807) is 14.0 Å². The molecule has 1 atom stereocenters. The lowest BCUT2D eigenvalue weighted by Gasteiger charge is -2.33. The normalized spacial score (nSPS) is 17.9. The third kappa shape index (κ3) is 94.0. The van der Waals surface area contributed by atoms with Gasteiger partial charge in [-0.15, -0.1) is 0 Å². The summed E-state index contributed by atoms with van der Waals surface area (Å²) in [7, 11) is 12.3. The Hall–Kier alpha value is -0.560. The van der Waals surface area contributed by atoms with E-state index in [1.165, 1.54) is 136 Å². The Morgan fingerprint density at radius 3 is 0.915 bits per heavy atom. The molecule has 7 rings (SSSR count). The zero-order chi connectivity index (χ0) is 83.7. The summed E-state index contributed by atoms with van der Waals surface area (Å²) >= 11 is 0. The van der Waals surface area contributed by atoms with Gasteiger partial charge in [0.2, 0.25) is 0 Å². The second-order valence-corrected chi connectivity index (χ2v) is 38.6. The van der Waals surface area contributed by atoms with Gasteiger partial charge in [-0.1, -0.05) is 239 Å². The van der Waals surface area contributed by atoms with E-state index in [2.05, 4.69) is 236 Å². The number of nitrogens with zero attached hydrogens (tertiary/aromatic N) is 7. The number of morpholine rings is 2. The van der Waals surface area contributed by atoms with Crippen LogP contribution in [0.5, 0.6) is 0 Å². The van der Waals surface area contributed by atoms with Crippen LogP contribution in [0.25, 0.3) is 0 Å². The van der Waals surface area contributed by atoms with Crippen LogP contribution in [0.4, 0.5) is 0 Å². The maximum absolute atomic E-state index is 9.09. The quantitative estimate of drug-likeness (QED) is 0.101. The summed E-state index contributed by atoms with van der Waals surface area (Å²) in [5.74, 6) is 13.4. The van der Waals surface area contributed by atoms with E-state index in [-0.39, 0.29) is 6.10 Å². The third-order valence-electron chi connectivity index (χ3n) is 20.0. The Morgan fingerprint density at radius 1 is 0.415 bits per heavy atom. The first-order valence-electron chi connectivity index (χ1n) is 44.1. The van der Waals surface area contributed by atoms with Gasteiger partial charge in [0.05, 0.1) is 51.3 Å². The molecule has 5 heterocycles. The topological polar surface area (TPSA) is 120 Å². The molecule has 7 fully saturated rings. The molecule has 14 nitrogen and oxygen atoms in total. The van der Waals surface area contributed by atoms with Crippen molar-refractivity contribution in [2.45, 2.75) is 310 Å². The predicted molar refractivity (Wildman–Crippen MR) is 474 cm³/mol. The number of likely N-dealkylation sites (tertiary alicyclic amines) is 1. The van der Waals surface area contributed by atoms with Crippen LogP contribution in [0.2, 0.25) is 0 Å². The zero-order valence-corrected chi connectivity index (χ0v) is 79.9. The van der Waals surface area contributed by atoms with Crippen LogP contribution in [0.1, 0.15) is 293 Å². The van der Waals surface area contributed by atoms with E-state index in [0.717, 1.165) is 149 Å². The maximum atomic E-state index is 9.09. The number of rotatable bonds is 21. The van der Waals surface area contributed by atoms with Gasteiger partial charge >= 0.3 is 0 Å². The average Bonchev–Trinajstić information content (AvgIpc) is 1.43. The van der Waals surface area contributed by atoms with E-state index in [1.807, 2.05) is 55.4 Å². The molecule has 0 aromatic heterocycles. The molecule has 14 heteroatoms. The highest BCUT2D eigenvalue weighted by Gasteiger charge is 2.22. The summed E-state index contributed by atoms with van der Waals surface area (Å²) in [5, 5.41) is 25.9. The molecule has 5 aliphatic heterocycles. The molecule has 0 radical (unpaired) electrons. The van der Waals surface area contributed by atoms with Crippen molar-refractivity contribution in [3.63, 3.8) is 0 Å². The van der Waals surface area contributed by atoms with Gasteiger partial charge in [0.25, 0.3) is 0 Å². The molecule has 5 saturated heterocycles. The molecule has 2 aliphatic carbocycles. The smallest absolute Gasteiger partial charge is 0.0614 e. The number of aliphatic hydroxyl groups is 3. The SMILES string of the molecule is CC(C)C(C)(C)O.CC(C)C(C)C.CC(C)C(C)O.CC(C)C1CCC1.CC(C)C1CCCC1.CC(C)C1COC1.CC(C)CCN(C)C.CC(C)CN(C)C.CC(C)CN1CCCC1.CC(C)CN1CCN(C)CC1.CC(C)CN1CCOCC1.CC(C)CO.CC(C)N1CCOCC1.COCC(C)C. The lowest BCUT2D eigenvalue weighted by Crippen LogP contribution is -2.45. The van der Waals surface area contributed by atoms with E-state index in [0.29, 0.717) is 36.3 Å². The number of methoxy groups -OCH3 is 1. The summed E-state index contributed by atoms with van der Waals surface area (Å²) in [6.07, 6.45) is 14.5. The molecule has 0 aromatic rings. The largest absolute Gasteiger partial charge is 0.396 e. The highest BCUT2D eigenvalue weighted by Crippen LogP contribution is 2.33. The van der Waals surface area contributed by atoms with Crippen LogP contribution in [0.15, 0.2) is 0 Å². The fourth-order valence-corrected chi connectivity index (χ4v) is 10.4. The van der Waals surface area contributed by atoms with Crippen molar-refractivity contribution in [1.82, 2.24) is 34.3 Å². The van der Waals surface area contributed by atoms with Crippen molar-refractivity contribution in [2.75, 3.05) is 193 Å². The number of aliphatic hydroxyl groups excluding tert-OH is 2. The highest BCUT2D eigenvalue weighted by molar-refractivity contribution is 4.74. The molecule has 650 valence electrons. The number of hydrogen-bond donors (Lipinski definition) is 3. The standard InChI is InChI=1S/C9H20N2.C8H17NO.C8H17N.C8H16.C7H15NO.C7H17N.C7H14.C6H15N.C6H12O.C6H14O.C6H14.2C5H12O.C4H10O/c1-9(2)8-11-6-4-10(3)5-7-11;1-8(2)7-9-3-5-10-6-4-9;1-8(2)7-9-5-3-4-6-9;1-7(2)8-5-3-4-6-8;1-7(2)8-3-5-9-6-4-8;1-7(2)5-6-8(3)4;1-6(2)7-4-3-5-7;1-6(2)5-7(3)4;1-5(2)6-3-7-4-6;1-5(2)6(3,4)7;1-5(2)6(3)4;1-5(2)4-6-3;1-4(2)5(3)6;1-4(2)3-5/h9H,4-8H2,1-3H3;8H,3-7H2,1-2H3;8H,3-7H2,1-2H3;7-8H,3-6H2,1-2H3;7H,3-6H2,1-2H3;7H,5-6H2,1-4H3;6-7H,3-5H2,1-2H3;6H,5H2,1-4H3;5-6H,3-4H2,1-2H3;5,7H,1-4H3;5-6H,1-4H3;5H,4H2,1-3H3;4-6H,1-3H3;4-5H,3H2,1-2H3. The van der Waals surface area contributed by atoms with Crippen molar-refractivity contribution in [1.29, 1.82) is 0 Å². The van der Waals surface area contributed by atoms with Crippen LogP contribution in [0.3, 0.4) is 0 Å². The van der Waals surface area contributed by atoms with Gasteiger partial charge in [-0.25, -0.2) is 0 Å². The lowest BCUT2D eigenvalue weighted by atomic mass is 9.78. The number of likely N-dealkylation sites (N-methyl/N-ethyl adjacent to an activating group) is 1. The first-order valence-corrected chi connectivity index (χ1v) is 44.1. The van der Waals surface area contributed by atoms with E-state index >= 15 is 0 Å². The average molecular weight is 1520 g/mol. The first-order chi connectivity index (χ1) is 49.0. The van der Waals surface area contributed by atoms with Gasteiger partial charge in [0, 0.05) is 104 Å². The summed E-state index contributed by atoms with van der Waals surface area (Å²) in [6, 6.07) is 0.689. The Morgan fingerprint density at radius 2 is 0.755 bits per heavy atom. The highest BCUT2D eigenvalue weighted by atomic mass is 16.5. The molecular weight excluding hydrogens is 1320 g/mol. The Bertz CT molecular complexity index is 1610. The molecule has 0 amide bonds. The zero-order valence-electron chi connectivity index (χ0n) is 79.9. The van der Waals surface area contributed by atoms with Gasteiger partial charge in [-0.3, -0.25) is 9.80 Å². The summed E-state index contributed by atoms with van der Waals surface area (Å²) in [6.45, 7) is 96.7. The van der Waals surface area contributed by atoms with Gasteiger partial charge in [-0.2, -0.15) is 0 Å². The van der Waals surface area contributed by atoms with Crippen LogP contribution in [-0.2, 0) is 18.9 Å². The molecule has 3 N–H and O–H groups in total. The fraction of sp³-hybridized carbons (Fsp3) is 1.00. The molecule has 1 unspecified atom stereocenters. The predicted octanol–water partition coefficient (Wildman–Crippen LogP) is 20.4. The summed E-state index contributed by atoms with van der Waals surface area (Å²) in [4.78, 5) is 16.8. The Kier molecular flexibility index (Phi) is 86.3. The molecule has 0 spiro atoms. The van der Waals surface area contributed by atoms with Gasteiger partial charge < -0.3 is 58.8 Å². The van der Waals surface area contributed by atoms with Gasteiger partial charge in [0.1, 0.15) is 0 Å². The summed E-state index contributed by atoms with van der Waals surface area (Å²) in [5.41, 5.74) is -0.500. The van der Waals surface area contributed by atoms with E-state index in [4.69, 9.17) is 34.3 Å². The minimum absolute atomic E-state index is 0.148. The number of ether oxygens (including phenoxy) is 4. The molecule has 7 aliphatic rings. The second-order valence-electron chi connectivity index (χ2n) is 38.6. The van der Waals surface area contributed by atoms with Gasteiger partial charge in [-0.05, 0) is 210 Å².